The number of ether oxygens (including phenoxy) is 2. The summed E-state index contributed by atoms with van der Waals surface area (Å²) in [4.78, 5) is 11.1. The number of aliphatic carboxylic acids is 1. The van der Waals surface area contributed by atoms with Crippen molar-refractivity contribution in [2.24, 2.45) is 0 Å². The fourth-order valence-electron chi connectivity index (χ4n) is 3.09. The van der Waals surface area contributed by atoms with E-state index in [0.717, 1.165) is 35.3 Å². The molecule has 0 bridgehead atoms. The number of carboxylic acid groups (broad SMARTS) is 1. The van der Waals surface area contributed by atoms with Crippen molar-refractivity contribution in [1.82, 2.24) is 0 Å². The Balaban J connectivity index is 1.83. The van der Waals surface area contributed by atoms with Gasteiger partial charge >= 0.3 is 5.97 Å². The maximum Gasteiger partial charge on any atom is 0.303 e. The third-order valence-corrected chi connectivity index (χ3v) is 4.88. The summed E-state index contributed by atoms with van der Waals surface area (Å²) in [6.45, 7) is 4.89. The molecule has 4 nitrogen and oxygen atoms in total. The Hall–Kier alpha value is -3.27. The third kappa shape index (κ3) is 6.11. The summed E-state index contributed by atoms with van der Waals surface area (Å²) in [6, 6.07) is 21.8. The lowest BCUT2D eigenvalue weighted by atomic mass is 10.00. The van der Waals surface area contributed by atoms with Gasteiger partial charge < -0.3 is 14.6 Å². The lowest BCUT2D eigenvalue weighted by molar-refractivity contribution is -0.136. The minimum absolute atomic E-state index is 0.0600. The van der Waals surface area contributed by atoms with E-state index in [-0.39, 0.29) is 6.42 Å². The standard InChI is InChI=1S/C26H28O4/c1-3-4-17-29-23-12-14-24(15-13-23)30-25-18-22(20-7-5-19(2)6-8-20)10-9-21(25)11-16-26(27)28/h5-10,12-15,18H,3-4,11,16-17H2,1-2H3,(H,27,28). The van der Waals surface area contributed by atoms with E-state index >= 15 is 0 Å². The molecule has 3 rings (SSSR count). The molecule has 3 aromatic rings. The summed E-state index contributed by atoms with van der Waals surface area (Å²) < 4.78 is 11.9. The van der Waals surface area contributed by atoms with Crippen molar-refractivity contribution < 1.29 is 19.4 Å². The molecule has 0 spiro atoms. The van der Waals surface area contributed by atoms with Gasteiger partial charge in [0.05, 0.1) is 6.61 Å². The number of hydrogen-bond acceptors (Lipinski definition) is 3. The van der Waals surface area contributed by atoms with Gasteiger partial charge in [-0.15, -0.1) is 0 Å². The Bertz CT molecular complexity index is 959. The maximum atomic E-state index is 11.1. The SMILES string of the molecule is CCCCOc1ccc(Oc2cc(-c3ccc(C)cc3)ccc2CCC(=O)O)cc1. The molecule has 3 aromatic carbocycles. The fraction of sp³-hybridized carbons (Fsp3) is 0.269. The van der Waals surface area contributed by atoms with Crippen LogP contribution in [0.25, 0.3) is 11.1 Å². The molecule has 0 atom stereocenters. The minimum atomic E-state index is -0.822. The van der Waals surface area contributed by atoms with Crippen molar-refractivity contribution in [2.75, 3.05) is 6.61 Å². The first-order valence-electron chi connectivity index (χ1n) is 10.4. The van der Waals surface area contributed by atoms with Gasteiger partial charge in [0.15, 0.2) is 0 Å². The molecular weight excluding hydrogens is 376 g/mol. The van der Waals surface area contributed by atoms with Crippen LogP contribution in [-0.4, -0.2) is 17.7 Å². The van der Waals surface area contributed by atoms with E-state index < -0.39 is 5.97 Å². The van der Waals surface area contributed by atoms with E-state index in [1.54, 1.807) is 0 Å². The zero-order valence-corrected chi connectivity index (χ0v) is 17.6. The highest BCUT2D eigenvalue weighted by molar-refractivity contribution is 5.69. The van der Waals surface area contributed by atoms with Gasteiger partial charge in [-0.25, -0.2) is 0 Å². The molecule has 1 N–H and O–H groups in total. The summed E-state index contributed by atoms with van der Waals surface area (Å²) in [6.07, 6.45) is 2.59. The highest BCUT2D eigenvalue weighted by atomic mass is 16.5. The molecule has 0 aliphatic carbocycles. The van der Waals surface area contributed by atoms with Crippen LogP contribution in [0, 0.1) is 6.92 Å². The van der Waals surface area contributed by atoms with Gasteiger partial charge in [0, 0.05) is 6.42 Å². The Morgan fingerprint density at radius 1 is 0.900 bits per heavy atom. The quantitative estimate of drug-likeness (QED) is 0.384. The zero-order valence-electron chi connectivity index (χ0n) is 17.6. The van der Waals surface area contributed by atoms with Gasteiger partial charge in [-0.1, -0.05) is 55.3 Å². The molecule has 156 valence electrons. The van der Waals surface area contributed by atoms with Gasteiger partial charge in [-0.3, -0.25) is 4.79 Å². The highest BCUT2D eigenvalue weighted by Gasteiger charge is 2.10. The Kier molecular flexibility index (Phi) is 7.50. The molecule has 0 unspecified atom stereocenters. The van der Waals surface area contributed by atoms with Crippen molar-refractivity contribution in [3.8, 4) is 28.4 Å². The predicted molar refractivity (Wildman–Crippen MR) is 119 cm³/mol. The lowest BCUT2D eigenvalue weighted by Gasteiger charge is -2.14. The second kappa shape index (κ2) is 10.5. The van der Waals surface area contributed by atoms with Crippen LogP contribution >= 0.6 is 0 Å². The van der Waals surface area contributed by atoms with Crippen LogP contribution in [0.4, 0.5) is 0 Å². The Morgan fingerprint density at radius 3 is 2.23 bits per heavy atom. The number of unbranched alkanes of at least 4 members (excludes halogenated alkanes) is 1. The van der Waals surface area contributed by atoms with E-state index in [2.05, 4.69) is 38.1 Å². The molecule has 0 heterocycles. The summed E-state index contributed by atoms with van der Waals surface area (Å²) in [5.74, 6) is 1.36. The third-order valence-electron chi connectivity index (χ3n) is 4.88. The average Bonchev–Trinajstić information content (AvgIpc) is 2.75. The van der Waals surface area contributed by atoms with Crippen LogP contribution in [0.2, 0.25) is 0 Å². The highest BCUT2D eigenvalue weighted by Crippen LogP contribution is 2.32. The first kappa shape index (κ1) is 21.4. The summed E-state index contributed by atoms with van der Waals surface area (Å²) >= 11 is 0. The molecule has 0 aliphatic heterocycles. The first-order chi connectivity index (χ1) is 14.5. The molecule has 0 aliphatic rings. The van der Waals surface area contributed by atoms with Crippen molar-refractivity contribution in [2.45, 2.75) is 39.5 Å². The fourth-order valence-corrected chi connectivity index (χ4v) is 3.09. The van der Waals surface area contributed by atoms with Crippen LogP contribution < -0.4 is 9.47 Å². The van der Waals surface area contributed by atoms with Crippen molar-refractivity contribution in [3.05, 3.63) is 77.9 Å². The summed E-state index contributed by atoms with van der Waals surface area (Å²) in [5, 5.41) is 9.08. The van der Waals surface area contributed by atoms with E-state index in [0.29, 0.717) is 24.5 Å². The lowest BCUT2D eigenvalue weighted by Crippen LogP contribution is -2.00. The number of hydrogen-bond donors (Lipinski definition) is 1. The molecule has 0 radical (unpaired) electrons. The van der Waals surface area contributed by atoms with E-state index in [9.17, 15) is 4.79 Å². The van der Waals surface area contributed by atoms with Crippen LogP contribution in [0.1, 0.15) is 37.3 Å². The van der Waals surface area contributed by atoms with Gasteiger partial charge in [-0.2, -0.15) is 0 Å². The number of carboxylic acids is 1. The van der Waals surface area contributed by atoms with Gasteiger partial charge in [0.25, 0.3) is 0 Å². The number of benzene rings is 3. The number of rotatable bonds is 10. The first-order valence-corrected chi connectivity index (χ1v) is 10.4. The van der Waals surface area contributed by atoms with E-state index in [4.69, 9.17) is 14.6 Å². The monoisotopic (exact) mass is 404 g/mol. The number of carbonyl (C=O) groups is 1. The van der Waals surface area contributed by atoms with Crippen molar-refractivity contribution in [1.29, 1.82) is 0 Å². The maximum absolute atomic E-state index is 11.1. The van der Waals surface area contributed by atoms with E-state index in [1.165, 1.54) is 5.56 Å². The van der Waals surface area contributed by atoms with Gasteiger partial charge in [0.2, 0.25) is 0 Å². The van der Waals surface area contributed by atoms with Gasteiger partial charge in [-0.05, 0) is 66.8 Å². The zero-order chi connectivity index (χ0) is 21.3. The Labute approximate surface area is 178 Å². The van der Waals surface area contributed by atoms with Crippen molar-refractivity contribution >= 4 is 5.97 Å². The molecule has 4 heteroatoms. The average molecular weight is 405 g/mol. The molecule has 0 amide bonds. The number of aryl methyl sites for hydroxylation is 2. The van der Waals surface area contributed by atoms with E-state index in [1.807, 2.05) is 42.5 Å². The Morgan fingerprint density at radius 2 is 1.57 bits per heavy atom. The second-order valence-corrected chi connectivity index (χ2v) is 7.36. The molecule has 0 fully saturated rings. The van der Waals surface area contributed by atoms with Crippen LogP contribution in [-0.2, 0) is 11.2 Å². The molecular formula is C26H28O4. The normalized spacial score (nSPS) is 10.6. The largest absolute Gasteiger partial charge is 0.494 e. The smallest absolute Gasteiger partial charge is 0.303 e. The van der Waals surface area contributed by atoms with Crippen LogP contribution in [0.15, 0.2) is 66.7 Å². The van der Waals surface area contributed by atoms with Gasteiger partial charge in [0.1, 0.15) is 17.2 Å². The molecule has 0 saturated carbocycles. The van der Waals surface area contributed by atoms with Crippen molar-refractivity contribution in [3.63, 3.8) is 0 Å². The second-order valence-electron chi connectivity index (χ2n) is 7.36. The molecule has 30 heavy (non-hydrogen) atoms. The summed E-state index contributed by atoms with van der Waals surface area (Å²) in [7, 11) is 0. The van der Waals surface area contributed by atoms with Crippen LogP contribution in [0.5, 0.6) is 17.2 Å². The predicted octanol–water partition coefficient (Wildman–Crippen LogP) is 6.65. The van der Waals surface area contributed by atoms with Crippen LogP contribution in [0.3, 0.4) is 0 Å². The minimum Gasteiger partial charge on any atom is -0.494 e. The molecule has 0 saturated heterocycles. The topological polar surface area (TPSA) is 55.8 Å². The molecule has 0 aromatic heterocycles. The summed E-state index contributed by atoms with van der Waals surface area (Å²) in [5.41, 5.74) is 4.20.